The van der Waals surface area contributed by atoms with Crippen LogP contribution in [0, 0.1) is 0 Å². The predicted molar refractivity (Wildman–Crippen MR) is 121 cm³/mol. The maximum Gasteiger partial charge on any atom is 0.308 e. The molecule has 0 radical (unpaired) electrons. The van der Waals surface area contributed by atoms with E-state index in [1.165, 1.54) is 10.8 Å². The maximum atomic E-state index is 13.0. The zero-order chi connectivity index (χ0) is 22.5. The lowest BCUT2D eigenvalue weighted by Crippen LogP contribution is -2.28. The molecule has 0 unspecified atom stereocenters. The normalized spacial score (nSPS) is 10.9. The molecule has 9 heteroatoms. The first kappa shape index (κ1) is 22.7. The topological polar surface area (TPSA) is 93.5 Å². The van der Waals surface area contributed by atoms with Gasteiger partial charge in [0.25, 0.3) is 5.56 Å². The van der Waals surface area contributed by atoms with Crippen LogP contribution in [0.1, 0.15) is 25.0 Å². The van der Waals surface area contributed by atoms with Crippen LogP contribution in [-0.2, 0) is 17.8 Å². The summed E-state index contributed by atoms with van der Waals surface area (Å²) in [6, 6.07) is 12.2. The Hall–Kier alpha value is -3.03. The Balaban J connectivity index is 1.97. The third-order valence-electron chi connectivity index (χ3n) is 4.26. The van der Waals surface area contributed by atoms with Crippen LogP contribution < -0.4 is 15.6 Å². The van der Waals surface area contributed by atoms with Crippen LogP contribution >= 0.6 is 23.2 Å². The average molecular weight is 462 g/mol. The number of nitrogens with zero attached hydrogens (tertiary/aromatic N) is 2. The van der Waals surface area contributed by atoms with Crippen LogP contribution in [0.4, 0.5) is 11.6 Å². The van der Waals surface area contributed by atoms with E-state index >= 15 is 0 Å². The summed E-state index contributed by atoms with van der Waals surface area (Å²) in [6.45, 7) is 3.99. The van der Waals surface area contributed by atoms with E-state index in [0.29, 0.717) is 21.5 Å². The number of carboxylic acids is 1. The Morgan fingerprint density at radius 1 is 1.19 bits per heavy atom. The van der Waals surface area contributed by atoms with Crippen molar-refractivity contribution in [2.24, 2.45) is 0 Å². The van der Waals surface area contributed by atoms with Gasteiger partial charge >= 0.3 is 5.97 Å². The molecule has 1 aromatic heterocycles. The number of ether oxygens (including phenoxy) is 1. The number of benzene rings is 2. The fraction of sp³-hybridized carbons (Fsp3) is 0.227. The summed E-state index contributed by atoms with van der Waals surface area (Å²) in [5.74, 6) is -0.307. The molecule has 0 aliphatic heterocycles. The van der Waals surface area contributed by atoms with Crippen molar-refractivity contribution in [3.63, 3.8) is 0 Å². The van der Waals surface area contributed by atoms with Crippen molar-refractivity contribution < 1.29 is 14.6 Å². The van der Waals surface area contributed by atoms with Crippen molar-refractivity contribution >= 4 is 40.8 Å². The van der Waals surface area contributed by atoms with Gasteiger partial charge in [0.1, 0.15) is 5.75 Å². The molecule has 2 N–H and O–H groups in total. The predicted octanol–water partition coefficient (Wildman–Crippen LogP) is 4.76. The Labute approximate surface area is 189 Å². The first-order valence-electron chi connectivity index (χ1n) is 9.51. The summed E-state index contributed by atoms with van der Waals surface area (Å²) in [6.07, 6.45) is 0.832. The third kappa shape index (κ3) is 5.99. The molecule has 2 aromatic carbocycles. The van der Waals surface area contributed by atoms with E-state index in [1.807, 2.05) is 13.8 Å². The lowest BCUT2D eigenvalue weighted by atomic mass is 10.2. The molecule has 1 heterocycles. The molecule has 3 aromatic rings. The summed E-state index contributed by atoms with van der Waals surface area (Å²) in [5, 5.41) is 13.2. The van der Waals surface area contributed by atoms with Gasteiger partial charge in [0, 0.05) is 22.5 Å². The van der Waals surface area contributed by atoms with E-state index in [2.05, 4.69) is 10.3 Å². The Morgan fingerprint density at radius 3 is 2.52 bits per heavy atom. The highest BCUT2D eigenvalue weighted by molar-refractivity contribution is 6.32. The smallest absolute Gasteiger partial charge is 0.308 e. The SMILES string of the molecule is CC(C)Oc1ccc(Nc2ncc(CC(=O)O)c(=O)n2Cc2ccc(Cl)cc2)cc1Cl. The molecular weight excluding hydrogens is 441 g/mol. The molecule has 0 fully saturated rings. The molecule has 31 heavy (non-hydrogen) atoms. The Kier molecular flexibility index (Phi) is 7.20. The number of anilines is 2. The van der Waals surface area contributed by atoms with E-state index in [9.17, 15) is 9.59 Å². The van der Waals surface area contributed by atoms with Crippen LogP contribution in [0.5, 0.6) is 5.75 Å². The van der Waals surface area contributed by atoms with Gasteiger partial charge < -0.3 is 15.2 Å². The number of halogens is 2. The molecule has 0 amide bonds. The minimum atomic E-state index is -1.11. The number of carbonyl (C=O) groups is 1. The number of aliphatic carboxylic acids is 1. The van der Waals surface area contributed by atoms with Crippen LogP contribution in [0.15, 0.2) is 53.5 Å². The van der Waals surface area contributed by atoms with Crippen molar-refractivity contribution in [3.05, 3.63) is 80.2 Å². The zero-order valence-electron chi connectivity index (χ0n) is 16.9. The largest absolute Gasteiger partial charge is 0.489 e. The molecule has 0 bridgehead atoms. The van der Waals surface area contributed by atoms with Crippen molar-refractivity contribution in [3.8, 4) is 5.75 Å². The monoisotopic (exact) mass is 461 g/mol. The lowest BCUT2D eigenvalue weighted by Gasteiger charge is -2.16. The second-order valence-corrected chi connectivity index (χ2v) is 7.98. The molecule has 3 rings (SSSR count). The summed E-state index contributed by atoms with van der Waals surface area (Å²) in [5.41, 5.74) is 1.05. The molecule has 162 valence electrons. The van der Waals surface area contributed by atoms with Gasteiger partial charge in [-0.25, -0.2) is 4.98 Å². The highest BCUT2D eigenvalue weighted by Crippen LogP contribution is 2.29. The van der Waals surface area contributed by atoms with Crippen LogP contribution in [0.25, 0.3) is 0 Å². The summed E-state index contributed by atoms with van der Waals surface area (Å²) in [4.78, 5) is 28.4. The highest BCUT2D eigenvalue weighted by atomic mass is 35.5. The fourth-order valence-corrected chi connectivity index (χ4v) is 3.24. The van der Waals surface area contributed by atoms with Crippen LogP contribution in [-0.4, -0.2) is 26.7 Å². The Bertz CT molecular complexity index is 1140. The zero-order valence-corrected chi connectivity index (χ0v) is 18.4. The molecule has 0 saturated heterocycles. The number of carboxylic acid groups (broad SMARTS) is 1. The van der Waals surface area contributed by atoms with E-state index in [-0.39, 0.29) is 24.2 Å². The molecular formula is C22H21Cl2N3O4. The van der Waals surface area contributed by atoms with Gasteiger partial charge in [0.15, 0.2) is 0 Å². The third-order valence-corrected chi connectivity index (χ3v) is 4.81. The van der Waals surface area contributed by atoms with E-state index in [4.69, 9.17) is 33.0 Å². The summed E-state index contributed by atoms with van der Waals surface area (Å²) >= 11 is 12.3. The van der Waals surface area contributed by atoms with Gasteiger partial charge in [-0.05, 0) is 49.7 Å². The fourth-order valence-electron chi connectivity index (χ4n) is 2.89. The first-order valence-corrected chi connectivity index (χ1v) is 10.3. The Morgan fingerprint density at radius 2 is 1.90 bits per heavy atom. The van der Waals surface area contributed by atoms with Crippen molar-refractivity contribution in [2.75, 3.05) is 5.32 Å². The van der Waals surface area contributed by atoms with Gasteiger partial charge in [0.2, 0.25) is 5.95 Å². The standard InChI is InChI=1S/C22H21Cl2N3O4/c1-13(2)31-19-8-7-17(10-18(19)24)26-22-25-11-15(9-20(28)29)21(30)27(22)12-14-3-5-16(23)6-4-14/h3-8,10-11,13H,9,12H2,1-2H3,(H,25,26)(H,28,29). The van der Waals surface area contributed by atoms with Gasteiger partial charge in [-0.1, -0.05) is 35.3 Å². The number of nitrogens with one attached hydrogen (secondary N) is 1. The van der Waals surface area contributed by atoms with E-state index in [1.54, 1.807) is 42.5 Å². The van der Waals surface area contributed by atoms with Crippen LogP contribution in [0.3, 0.4) is 0 Å². The molecule has 0 saturated carbocycles. The van der Waals surface area contributed by atoms with Gasteiger partial charge in [0.05, 0.1) is 24.1 Å². The summed E-state index contributed by atoms with van der Waals surface area (Å²) < 4.78 is 7.02. The highest BCUT2D eigenvalue weighted by Gasteiger charge is 2.15. The molecule has 0 atom stereocenters. The molecule has 0 spiro atoms. The number of rotatable bonds is 8. The van der Waals surface area contributed by atoms with Crippen molar-refractivity contribution in [2.45, 2.75) is 32.9 Å². The van der Waals surface area contributed by atoms with Gasteiger partial charge in [-0.3, -0.25) is 14.2 Å². The summed E-state index contributed by atoms with van der Waals surface area (Å²) in [7, 11) is 0. The lowest BCUT2D eigenvalue weighted by molar-refractivity contribution is -0.136. The number of hydrogen-bond acceptors (Lipinski definition) is 5. The number of hydrogen-bond donors (Lipinski definition) is 2. The minimum Gasteiger partial charge on any atom is -0.489 e. The average Bonchev–Trinajstić information content (AvgIpc) is 2.70. The van der Waals surface area contributed by atoms with Gasteiger partial charge in [-0.2, -0.15) is 0 Å². The van der Waals surface area contributed by atoms with Crippen molar-refractivity contribution in [1.82, 2.24) is 9.55 Å². The minimum absolute atomic E-state index is 0.0238. The van der Waals surface area contributed by atoms with Crippen molar-refractivity contribution in [1.29, 1.82) is 0 Å². The van der Waals surface area contributed by atoms with E-state index in [0.717, 1.165) is 5.56 Å². The van der Waals surface area contributed by atoms with Gasteiger partial charge in [-0.15, -0.1) is 0 Å². The second-order valence-electron chi connectivity index (χ2n) is 7.13. The quantitative estimate of drug-likeness (QED) is 0.502. The first-order chi connectivity index (χ1) is 14.7. The number of aromatic nitrogens is 2. The molecule has 0 aliphatic rings. The molecule has 0 aliphatic carbocycles. The van der Waals surface area contributed by atoms with Crippen LogP contribution in [0.2, 0.25) is 10.0 Å². The second kappa shape index (κ2) is 9.85. The van der Waals surface area contributed by atoms with E-state index < -0.39 is 17.9 Å². The molecule has 7 nitrogen and oxygen atoms in total. The maximum absolute atomic E-state index is 13.0.